The van der Waals surface area contributed by atoms with Crippen molar-refractivity contribution in [3.05, 3.63) is 52.3 Å². The lowest BCUT2D eigenvalue weighted by molar-refractivity contribution is 0.742. The first-order valence-electron chi connectivity index (χ1n) is 7.94. The maximum absolute atomic E-state index is 5.89. The number of hydrogen-bond acceptors (Lipinski definition) is 2. The van der Waals surface area contributed by atoms with E-state index in [4.69, 9.17) is 11.6 Å². The second-order valence-electron chi connectivity index (χ2n) is 5.37. The maximum atomic E-state index is 5.89. The summed E-state index contributed by atoms with van der Waals surface area (Å²) in [6.07, 6.45) is 3.94. The van der Waals surface area contributed by atoms with E-state index >= 15 is 0 Å². The molecule has 0 saturated carbocycles. The standard InChI is InChI=1S/C17H24ClN5/c1-3-19-17(21-11-14-6-8-16(18)9-7-14)20-10-4-5-15-12-22-23-13(15)2/h6-9,12H,3-5,10-11H2,1-2H3,(H,22,23)(H2,19,20,21). The first kappa shape index (κ1) is 17.3. The lowest BCUT2D eigenvalue weighted by Gasteiger charge is -2.11. The van der Waals surface area contributed by atoms with E-state index in [2.05, 4.69) is 32.7 Å². The van der Waals surface area contributed by atoms with Crippen molar-refractivity contribution in [2.75, 3.05) is 13.1 Å². The van der Waals surface area contributed by atoms with Crippen molar-refractivity contribution in [3.8, 4) is 0 Å². The van der Waals surface area contributed by atoms with Gasteiger partial charge in [0.1, 0.15) is 0 Å². The molecule has 0 atom stereocenters. The van der Waals surface area contributed by atoms with Crippen LogP contribution in [0.15, 0.2) is 35.5 Å². The molecule has 0 aliphatic carbocycles. The number of H-pyrrole nitrogens is 1. The molecule has 0 aliphatic heterocycles. The topological polar surface area (TPSA) is 65.1 Å². The fourth-order valence-electron chi connectivity index (χ4n) is 2.22. The summed E-state index contributed by atoms with van der Waals surface area (Å²) < 4.78 is 0. The fourth-order valence-corrected chi connectivity index (χ4v) is 2.34. The Labute approximate surface area is 142 Å². The SMILES string of the molecule is CCNC(=NCc1ccc(Cl)cc1)NCCCc1cn[nH]c1C. The van der Waals surface area contributed by atoms with E-state index in [1.165, 1.54) is 5.56 Å². The van der Waals surface area contributed by atoms with Crippen LogP contribution >= 0.6 is 11.6 Å². The summed E-state index contributed by atoms with van der Waals surface area (Å²) in [6.45, 7) is 6.46. The van der Waals surface area contributed by atoms with E-state index in [1.54, 1.807) is 0 Å². The van der Waals surface area contributed by atoms with Crippen molar-refractivity contribution in [2.24, 2.45) is 4.99 Å². The molecule has 0 aliphatic rings. The number of aryl methyl sites for hydroxylation is 2. The monoisotopic (exact) mass is 333 g/mol. The van der Waals surface area contributed by atoms with Crippen molar-refractivity contribution in [1.82, 2.24) is 20.8 Å². The molecule has 0 amide bonds. The van der Waals surface area contributed by atoms with Gasteiger partial charge in [0, 0.05) is 23.8 Å². The van der Waals surface area contributed by atoms with E-state index < -0.39 is 0 Å². The Morgan fingerprint density at radius 3 is 2.70 bits per heavy atom. The predicted molar refractivity (Wildman–Crippen MR) is 95.9 cm³/mol. The van der Waals surface area contributed by atoms with Crippen LogP contribution in [0.2, 0.25) is 5.02 Å². The van der Waals surface area contributed by atoms with Gasteiger partial charge < -0.3 is 10.6 Å². The smallest absolute Gasteiger partial charge is 0.191 e. The number of aromatic nitrogens is 2. The van der Waals surface area contributed by atoms with Crippen LogP contribution in [0.25, 0.3) is 0 Å². The highest BCUT2D eigenvalue weighted by Gasteiger charge is 2.01. The fraction of sp³-hybridized carbons (Fsp3) is 0.412. The van der Waals surface area contributed by atoms with Gasteiger partial charge in [-0.3, -0.25) is 5.10 Å². The van der Waals surface area contributed by atoms with Crippen LogP contribution in [0.3, 0.4) is 0 Å². The molecule has 1 aromatic heterocycles. The predicted octanol–water partition coefficient (Wildman–Crippen LogP) is 3.06. The molecule has 0 fully saturated rings. The van der Waals surface area contributed by atoms with Crippen molar-refractivity contribution in [2.45, 2.75) is 33.2 Å². The number of hydrogen-bond donors (Lipinski definition) is 3. The van der Waals surface area contributed by atoms with E-state index in [1.807, 2.05) is 37.4 Å². The Balaban J connectivity index is 1.79. The van der Waals surface area contributed by atoms with Crippen molar-refractivity contribution >= 4 is 17.6 Å². The molecule has 2 aromatic rings. The van der Waals surface area contributed by atoms with Gasteiger partial charge in [0.15, 0.2) is 5.96 Å². The van der Waals surface area contributed by atoms with Gasteiger partial charge in [-0.25, -0.2) is 4.99 Å². The van der Waals surface area contributed by atoms with Crippen LogP contribution in [0.4, 0.5) is 0 Å². The quantitative estimate of drug-likeness (QED) is 0.414. The Morgan fingerprint density at radius 2 is 2.04 bits per heavy atom. The first-order valence-corrected chi connectivity index (χ1v) is 8.32. The number of benzene rings is 1. The molecule has 0 unspecified atom stereocenters. The van der Waals surface area contributed by atoms with Crippen molar-refractivity contribution in [3.63, 3.8) is 0 Å². The van der Waals surface area contributed by atoms with E-state index in [0.29, 0.717) is 6.54 Å². The molecule has 124 valence electrons. The van der Waals surface area contributed by atoms with Gasteiger partial charge in [-0.15, -0.1) is 0 Å². The van der Waals surface area contributed by atoms with Crippen LogP contribution in [0.1, 0.15) is 30.2 Å². The summed E-state index contributed by atoms with van der Waals surface area (Å²) in [5.74, 6) is 0.839. The van der Waals surface area contributed by atoms with E-state index in [9.17, 15) is 0 Å². The van der Waals surface area contributed by atoms with Gasteiger partial charge in [-0.2, -0.15) is 5.10 Å². The molecule has 0 bridgehead atoms. The summed E-state index contributed by atoms with van der Waals surface area (Å²) >= 11 is 5.89. The maximum Gasteiger partial charge on any atom is 0.191 e. The summed E-state index contributed by atoms with van der Waals surface area (Å²) in [5, 5.41) is 14.4. The molecular formula is C17H24ClN5. The highest BCUT2D eigenvalue weighted by atomic mass is 35.5. The zero-order chi connectivity index (χ0) is 16.5. The number of halogens is 1. The lowest BCUT2D eigenvalue weighted by atomic mass is 10.1. The zero-order valence-electron chi connectivity index (χ0n) is 13.7. The van der Waals surface area contributed by atoms with Crippen LogP contribution < -0.4 is 10.6 Å². The minimum atomic E-state index is 0.632. The van der Waals surface area contributed by atoms with Gasteiger partial charge >= 0.3 is 0 Å². The minimum absolute atomic E-state index is 0.632. The van der Waals surface area contributed by atoms with Crippen LogP contribution in [0.5, 0.6) is 0 Å². The number of rotatable bonds is 7. The Morgan fingerprint density at radius 1 is 1.26 bits per heavy atom. The first-order chi connectivity index (χ1) is 11.2. The number of guanidine groups is 1. The van der Waals surface area contributed by atoms with Gasteiger partial charge in [-0.1, -0.05) is 23.7 Å². The van der Waals surface area contributed by atoms with Gasteiger partial charge in [0.05, 0.1) is 12.7 Å². The van der Waals surface area contributed by atoms with Gasteiger partial charge in [-0.05, 0) is 49.9 Å². The Bertz CT molecular complexity index is 618. The molecule has 1 heterocycles. The lowest BCUT2D eigenvalue weighted by Crippen LogP contribution is -2.37. The number of aliphatic imine (C=N–C) groups is 1. The Kier molecular flexibility index (Phi) is 6.94. The third-order valence-electron chi connectivity index (χ3n) is 3.53. The average Bonchev–Trinajstić information content (AvgIpc) is 2.96. The van der Waals surface area contributed by atoms with Crippen LogP contribution in [0, 0.1) is 6.92 Å². The number of nitrogens with zero attached hydrogens (tertiary/aromatic N) is 2. The molecule has 6 heteroatoms. The van der Waals surface area contributed by atoms with Gasteiger partial charge in [0.25, 0.3) is 0 Å². The van der Waals surface area contributed by atoms with Gasteiger partial charge in [0.2, 0.25) is 0 Å². The summed E-state index contributed by atoms with van der Waals surface area (Å²) in [4.78, 5) is 4.60. The van der Waals surface area contributed by atoms with E-state index in [0.717, 1.165) is 48.2 Å². The number of aromatic amines is 1. The van der Waals surface area contributed by atoms with Crippen LogP contribution in [-0.4, -0.2) is 29.2 Å². The normalized spacial score (nSPS) is 11.5. The van der Waals surface area contributed by atoms with E-state index in [-0.39, 0.29) is 0 Å². The molecular weight excluding hydrogens is 310 g/mol. The largest absolute Gasteiger partial charge is 0.357 e. The molecule has 1 aromatic carbocycles. The third-order valence-corrected chi connectivity index (χ3v) is 3.78. The molecule has 0 saturated heterocycles. The summed E-state index contributed by atoms with van der Waals surface area (Å²) in [7, 11) is 0. The molecule has 23 heavy (non-hydrogen) atoms. The molecule has 0 radical (unpaired) electrons. The summed E-state index contributed by atoms with van der Waals surface area (Å²) in [5.41, 5.74) is 3.56. The highest BCUT2D eigenvalue weighted by Crippen LogP contribution is 2.10. The van der Waals surface area contributed by atoms with Crippen LogP contribution in [-0.2, 0) is 13.0 Å². The second kappa shape index (κ2) is 9.20. The van der Waals surface area contributed by atoms with Crippen molar-refractivity contribution < 1.29 is 0 Å². The number of nitrogens with one attached hydrogen (secondary N) is 3. The minimum Gasteiger partial charge on any atom is -0.357 e. The second-order valence-corrected chi connectivity index (χ2v) is 5.81. The molecule has 0 spiro atoms. The summed E-state index contributed by atoms with van der Waals surface area (Å²) in [6, 6.07) is 7.77. The zero-order valence-corrected chi connectivity index (χ0v) is 14.5. The highest BCUT2D eigenvalue weighted by molar-refractivity contribution is 6.30. The Hall–Kier alpha value is -2.01. The third kappa shape index (κ3) is 5.94. The molecule has 2 rings (SSSR count). The molecule has 5 nitrogen and oxygen atoms in total. The average molecular weight is 334 g/mol. The molecule has 3 N–H and O–H groups in total. The van der Waals surface area contributed by atoms with Crippen molar-refractivity contribution in [1.29, 1.82) is 0 Å².